The van der Waals surface area contributed by atoms with E-state index < -0.39 is 17.5 Å². The summed E-state index contributed by atoms with van der Waals surface area (Å²) in [7, 11) is 0. The number of halogens is 3. The van der Waals surface area contributed by atoms with Gasteiger partial charge in [0.2, 0.25) is 5.16 Å². The van der Waals surface area contributed by atoms with Crippen molar-refractivity contribution in [3.8, 4) is 0 Å². The van der Waals surface area contributed by atoms with Gasteiger partial charge in [0.1, 0.15) is 5.25 Å². The number of nitrogens with two attached hydrogens (primary N) is 1. The average Bonchev–Trinajstić information content (AvgIpc) is 2.92. The van der Waals surface area contributed by atoms with E-state index in [1.165, 1.54) is 11.6 Å². The molecule has 1 saturated carbocycles. The third kappa shape index (κ3) is 2.89. The topological polar surface area (TPSA) is 69.6 Å². The molecule has 17 heavy (non-hydrogen) atoms. The number of rotatable bonds is 4. The molecule has 0 aliphatic heterocycles. The first kappa shape index (κ1) is 12.6. The van der Waals surface area contributed by atoms with Crippen LogP contribution >= 0.6 is 11.8 Å². The van der Waals surface area contributed by atoms with Crippen LogP contribution in [0.5, 0.6) is 0 Å². The molecule has 1 aliphatic carbocycles. The summed E-state index contributed by atoms with van der Waals surface area (Å²) in [6, 6.07) is -0.862. The summed E-state index contributed by atoms with van der Waals surface area (Å²) in [6.45, 7) is 1.33. The fraction of sp³-hybridized carbons (Fsp3) is 0.875. The van der Waals surface area contributed by atoms with Crippen molar-refractivity contribution >= 4 is 11.8 Å². The molecule has 2 unspecified atom stereocenters. The van der Waals surface area contributed by atoms with Crippen molar-refractivity contribution in [1.82, 2.24) is 20.2 Å². The minimum atomic E-state index is -4.36. The van der Waals surface area contributed by atoms with Crippen LogP contribution in [0.1, 0.15) is 25.8 Å². The van der Waals surface area contributed by atoms with Crippen LogP contribution in [0.2, 0.25) is 0 Å². The molecular weight excluding hydrogens is 255 g/mol. The highest BCUT2D eigenvalue weighted by molar-refractivity contribution is 7.99. The van der Waals surface area contributed by atoms with Gasteiger partial charge in [0.15, 0.2) is 0 Å². The SMILES string of the molecule is CC(N)C(Sc1nnnn1C1CC1)C(F)(F)F. The molecule has 0 aromatic carbocycles. The van der Waals surface area contributed by atoms with E-state index in [1.54, 1.807) is 0 Å². The van der Waals surface area contributed by atoms with Crippen molar-refractivity contribution in [2.75, 3.05) is 0 Å². The molecule has 1 heterocycles. The van der Waals surface area contributed by atoms with E-state index in [4.69, 9.17) is 5.73 Å². The molecular formula is C8H12F3N5S. The van der Waals surface area contributed by atoms with Crippen LogP contribution in [0.3, 0.4) is 0 Å². The number of aromatic nitrogens is 4. The Bertz CT molecular complexity index is 387. The van der Waals surface area contributed by atoms with Gasteiger partial charge in [-0.15, -0.1) is 5.10 Å². The second kappa shape index (κ2) is 4.45. The Morgan fingerprint density at radius 1 is 1.47 bits per heavy atom. The lowest BCUT2D eigenvalue weighted by Crippen LogP contribution is -2.40. The Hall–Kier alpha value is -0.830. The molecule has 0 spiro atoms. The molecule has 5 nitrogen and oxygen atoms in total. The summed E-state index contributed by atoms with van der Waals surface area (Å²) in [5.74, 6) is 0. The molecule has 2 rings (SSSR count). The van der Waals surface area contributed by atoms with Gasteiger partial charge in [-0.3, -0.25) is 0 Å². The van der Waals surface area contributed by atoms with Crippen LogP contribution in [0.4, 0.5) is 13.2 Å². The molecule has 1 aromatic rings. The second-order valence-corrected chi connectivity index (χ2v) is 5.19. The van der Waals surface area contributed by atoms with E-state index >= 15 is 0 Å². The number of tetrazole rings is 1. The first-order valence-electron chi connectivity index (χ1n) is 5.16. The Morgan fingerprint density at radius 2 is 2.12 bits per heavy atom. The summed E-state index contributed by atoms with van der Waals surface area (Å²) in [4.78, 5) is 0. The molecule has 0 bridgehead atoms. The molecule has 2 N–H and O–H groups in total. The Morgan fingerprint density at radius 3 is 2.59 bits per heavy atom. The van der Waals surface area contributed by atoms with Crippen LogP contribution < -0.4 is 5.73 Å². The van der Waals surface area contributed by atoms with Crippen LogP contribution in [0.25, 0.3) is 0 Å². The summed E-state index contributed by atoms with van der Waals surface area (Å²) in [5, 5.41) is 9.23. The smallest absolute Gasteiger partial charge is 0.327 e. The lowest BCUT2D eigenvalue weighted by Gasteiger charge is -2.22. The molecule has 0 radical (unpaired) electrons. The van der Waals surface area contributed by atoms with E-state index in [0.29, 0.717) is 11.8 Å². The van der Waals surface area contributed by atoms with Crippen LogP contribution in [-0.4, -0.2) is 37.7 Å². The van der Waals surface area contributed by atoms with Gasteiger partial charge in [-0.1, -0.05) is 11.8 Å². The van der Waals surface area contributed by atoms with Crippen molar-refractivity contribution in [3.05, 3.63) is 0 Å². The molecule has 1 aliphatic rings. The molecule has 1 fully saturated rings. The maximum absolute atomic E-state index is 12.7. The van der Waals surface area contributed by atoms with Crippen molar-refractivity contribution in [1.29, 1.82) is 0 Å². The van der Waals surface area contributed by atoms with Gasteiger partial charge in [0.25, 0.3) is 0 Å². The summed E-state index contributed by atoms with van der Waals surface area (Å²) >= 11 is 0.582. The standard InChI is InChI=1S/C8H12F3N5S/c1-4(12)6(8(9,10)11)17-7-13-14-15-16(7)5-2-3-5/h4-6H,2-3,12H2,1H3. The first-order valence-corrected chi connectivity index (χ1v) is 6.04. The quantitative estimate of drug-likeness (QED) is 0.834. The van der Waals surface area contributed by atoms with E-state index in [2.05, 4.69) is 15.5 Å². The number of alkyl halides is 3. The lowest BCUT2D eigenvalue weighted by molar-refractivity contribution is -0.131. The van der Waals surface area contributed by atoms with Crippen molar-refractivity contribution in [3.63, 3.8) is 0 Å². The number of thioether (sulfide) groups is 1. The number of nitrogens with zero attached hydrogens (tertiary/aromatic N) is 4. The average molecular weight is 267 g/mol. The molecule has 0 saturated heterocycles. The second-order valence-electron chi connectivity index (χ2n) is 4.08. The largest absolute Gasteiger partial charge is 0.402 e. The van der Waals surface area contributed by atoms with Crippen molar-refractivity contribution < 1.29 is 13.2 Å². The first-order chi connectivity index (χ1) is 7.89. The van der Waals surface area contributed by atoms with Crippen molar-refractivity contribution in [2.24, 2.45) is 5.73 Å². The highest BCUT2D eigenvalue weighted by Gasteiger charge is 2.44. The van der Waals surface area contributed by atoms with Crippen LogP contribution in [-0.2, 0) is 0 Å². The van der Waals surface area contributed by atoms with Gasteiger partial charge in [-0.2, -0.15) is 13.2 Å². The maximum Gasteiger partial charge on any atom is 0.402 e. The van der Waals surface area contributed by atoms with Crippen molar-refractivity contribution in [2.45, 2.75) is 48.4 Å². The Labute approximate surface area is 99.9 Å². The lowest BCUT2D eigenvalue weighted by atomic mass is 10.2. The molecule has 96 valence electrons. The normalized spacial score (nSPS) is 20.3. The Balaban J connectivity index is 2.14. The van der Waals surface area contributed by atoms with Gasteiger partial charge < -0.3 is 5.73 Å². The van der Waals surface area contributed by atoms with Gasteiger partial charge in [0.05, 0.1) is 6.04 Å². The predicted octanol–water partition coefficient (Wildman–Crippen LogP) is 1.38. The number of hydrogen-bond donors (Lipinski definition) is 1. The minimum absolute atomic E-state index is 0.148. The van der Waals surface area contributed by atoms with E-state index in [1.807, 2.05) is 0 Å². The zero-order chi connectivity index (χ0) is 12.6. The van der Waals surface area contributed by atoms with E-state index in [9.17, 15) is 13.2 Å². The summed E-state index contributed by atoms with van der Waals surface area (Å²) in [6.07, 6.45) is -2.54. The zero-order valence-electron chi connectivity index (χ0n) is 9.05. The van der Waals surface area contributed by atoms with E-state index in [0.717, 1.165) is 12.8 Å². The fourth-order valence-corrected chi connectivity index (χ4v) is 2.35. The highest BCUT2D eigenvalue weighted by atomic mass is 32.2. The van der Waals surface area contributed by atoms with Gasteiger partial charge in [-0.05, 0) is 30.2 Å². The van der Waals surface area contributed by atoms with Gasteiger partial charge in [-0.25, -0.2) is 4.68 Å². The minimum Gasteiger partial charge on any atom is -0.327 e. The Kier molecular flexibility index (Phi) is 3.30. The maximum atomic E-state index is 12.7. The number of hydrogen-bond acceptors (Lipinski definition) is 5. The van der Waals surface area contributed by atoms with Gasteiger partial charge in [0, 0.05) is 6.04 Å². The third-order valence-corrected chi connectivity index (χ3v) is 3.82. The highest BCUT2D eigenvalue weighted by Crippen LogP contribution is 2.40. The molecule has 1 aromatic heterocycles. The molecule has 9 heteroatoms. The van der Waals surface area contributed by atoms with Crippen LogP contribution in [0, 0.1) is 0 Å². The predicted molar refractivity (Wildman–Crippen MR) is 55.4 cm³/mol. The third-order valence-electron chi connectivity index (χ3n) is 2.39. The monoisotopic (exact) mass is 267 g/mol. The van der Waals surface area contributed by atoms with Gasteiger partial charge >= 0.3 is 6.18 Å². The molecule has 0 amide bonds. The zero-order valence-corrected chi connectivity index (χ0v) is 9.87. The summed E-state index contributed by atoms with van der Waals surface area (Å²) < 4.78 is 39.6. The molecule has 2 atom stereocenters. The summed E-state index contributed by atoms with van der Waals surface area (Å²) in [5.41, 5.74) is 5.36. The van der Waals surface area contributed by atoms with E-state index in [-0.39, 0.29) is 11.2 Å². The van der Waals surface area contributed by atoms with Crippen LogP contribution in [0.15, 0.2) is 5.16 Å². The fourth-order valence-electron chi connectivity index (χ4n) is 1.40.